The van der Waals surface area contributed by atoms with Crippen LogP contribution in [0.4, 0.5) is 5.69 Å². The van der Waals surface area contributed by atoms with Gasteiger partial charge in [-0.2, -0.15) is 10.1 Å². The Kier molecular flexibility index (Phi) is 4.55. The molecule has 1 unspecified atom stereocenters. The molecule has 4 heteroatoms. The Morgan fingerprint density at radius 3 is 2.70 bits per heavy atom. The van der Waals surface area contributed by atoms with Gasteiger partial charge in [0.05, 0.1) is 17.3 Å². The van der Waals surface area contributed by atoms with Crippen molar-refractivity contribution >= 4 is 17.3 Å². The molecule has 0 saturated heterocycles. The maximum Gasteiger partial charge on any atom is 0.256 e. The van der Waals surface area contributed by atoms with Crippen LogP contribution in [0.15, 0.2) is 23.3 Å². The Balaban J connectivity index is 2.29. The number of anilines is 1. The van der Waals surface area contributed by atoms with Crippen LogP contribution in [0.2, 0.25) is 0 Å². The monoisotopic (exact) mass is 273 g/mol. The van der Waals surface area contributed by atoms with Crippen LogP contribution in [0, 0.1) is 19.8 Å². The highest BCUT2D eigenvalue weighted by atomic mass is 16.2. The zero-order valence-corrected chi connectivity index (χ0v) is 12.5. The third-order valence-corrected chi connectivity index (χ3v) is 3.78. The number of hydrogen-bond donors (Lipinski definition) is 1. The Morgan fingerprint density at radius 1 is 1.35 bits per heavy atom. The number of nitrogens with two attached hydrogens (primary N) is 1. The smallest absolute Gasteiger partial charge is 0.256 e. The number of benzene rings is 1. The zero-order valence-electron chi connectivity index (χ0n) is 12.5. The number of carbonyl (C=O) groups is 1. The lowest BCUT2D eigenvalue weighted by molar-refractivity contribution is -0.119. The summed E-state index contributed by atoms with van der Waals surface area (Å²) in [6, 6.07) is 6.07. The summed E-state index contributed by atoms with van der Waals surface area (Å²) in [4.78, 5) is 12.6. The van der Waals surface area contributed by atoms with E-state index in [2.05, 4.69) is 11.2 Å². The minimum Gasteiger partial charge on any atom is -0.330 e. The van der Waals surface area contributed by atoms with Crippen LogP contribution in [0.25, 0.3) is 0 Å². The first kappa shape index (κ1) is 14.7. The molecule has 0 saturated carbocycles. The van der Waals surface area contributed by atoms with Crippen molar-refractivity contribution in [3.8, 4) is 0 Å². The van der Waals surface area contributed by atoms with Crippen molar-refractivity contribution in [2.75, 3.05) is 11.6 Å². The summed E-state index contributed by atoms with van der Waals surface area (Å²) in [5.41, 5.74) is 9.70. The first-order valence-electron chi connectivity index (χ1n) is 7.27. The van der Waals surface area contributed by atoms with E-state index in [1.54, 1.807) is 5.01 Å². The van der Waals surface area contributed by atoms with E-state index in [0.717, 1.165) is 36.2 Å². The Hall–Kier alpha value is -1.68. The van der Waals surface area contributed by atoms with Crippen molar-refractivity contribution in [2.24, 2.45) is 16.8 Å². The second kappa shape index (κ2) is 6.18. The number of aryl methyl sites for hydroxylation is 2. The van der Waals surface area contributed by atoms with Gasteiger partial charge in [0.25, 0.3) is 5.91 Å². The van der Waals surface area contributed by atoms with Crippen LogP contribution >= 0.6 is 0 Å². The van der Waals surface area contributed by atoms with E-state index in [9.17, 15) is 4.79 Å². The number of carbonyl (C=O) groups excluding carboxylic acids is 1. The van der Waals surface area contributed by atoms with E-state index in [0.29, 0.717) is 6.54 Å². The molecular formula is C16H23N3O. The SMILES string of the molecule is CCC1=NN(c2ccc(C)cc2C)C(=O)C1CCCN. The summed E-state index contributed by atoms with van der Waals surface area (Å²) in [6.45, 7) is 6.73. The van der Waals surface area contributed by atoms with Gasteiger partial charge >= 0.3 is 0 Å². The molecule has 0 aliphatic carbocycles. The number of amides is 1. The van der Waals surface area contributed by atoms with E-state index in [-0.39, 0.29) is 11.8 Å². The fourth-order valence-corrected chi connectivity index (χ4v) is 2.68. The van der Waals surface area contributed by atoms with Crippen LogP contribution in [0.3, 0.4) is 0 Å². The van der Waals surface area contributed by atoms with Gasteiger partial charge in [0.15, 0.2) is 0 Å². The highest BCUT2D eigenvalue weighted by Crippen LogP contribution is 2.30. The van der Waals surface area contributed by atoms with Crippen molar-refractivity contribution in [3.05, 3.63) is 29.3 Å². The fraction of sp³-hybridized carbons (Fsp3) is 0.500. The first-order chi connectivity index (χ1) is 9.58. The molecule has 1 aromatic rings. The topological polar surface area (TPSA) is 58.7 Å². The second-order valence-corrected chi connectivity index (χ2v) is 5.37. The Morgan fingerprint density at radius 2 is 2.10 bits per heavy atom. The molecule has 0 fully saturated rings. The van der Waals surface area contributed by atoms with Gasteiger partial charge < -0.3 is 5.73 Å². The molecule has 20 heavy (non-hydrogen) atoms. The summed E-state index contributed by atoms with van der Waals surface area (Å²) in [5, 5.41) is 6.12. The van der Waals surface area contributed by atoms with Crippen LogP contribution in [-0.2, 0) is 4.79 Å². The van der Waals surface area contributed by atoms with Gasteiger partial charge in [-0.05, 0) is 51.3 Å². The second-order valence-electron chi connectivity index (χ2n) is 5.37. The normalized spacial score (nSPS) is 18.6. The number of hydrogen-bond acceptors (Lipinski definition) is 3. The molecule has 1 aliphatic heterocycles. The van der Waals surface area contributed by atoms with Crippen molar-refractivity contribution < 1.29 is 4.79 Å². The average molecular weight is 273 g/mol. The van der Waals surface area contributed by atoms with E-state index in [1.807, 2.05) is 32.9 Å². The Bertz CT molecular complexity index is 537. The third-order valence-electron chi connectivity index (χ3n) is 3.78. The van der Waals surface area contributed by atoms with Gasteiger partial charge in [0, 0.05) is 0 Å². The van der Waals surface area contributed by atoms with Gasteiger partial charge in [-0.1, -0.05) is 24.6 Å². The van der Waals surface area contributed by atoms with E-state index in [1.165, 1.54) is 5.56 Å². The molecular weight excluding hydrogens is 250 g/mol. The number of rotatable bonds is 5. The minimum absolute atomic E-state index is 0.0854. The van der Waals surface area contributed by atoms with Crippen molar-refractivity contribution in [3.63, 3.8) is 0 Å². The molecule has 2 N–H and O–H groups in total. The van der Waals surface area contributed by atoms with Gasteiger partial charge in [-0.15, -0.1) is 0 Å². The lowest BCUT2D eigenvalue weighted by atomic mass is 9.96. The standard InChI is InChI=1S/C16H23N3O/c1-4-14-13(6-5-9-17)16(20)19(18-14)15-8-7-11(2)10-12(15)3/h7-8,10,13H,4-6,9,17H2,1-3H3. The summed E-state index contributed by atoms with van der Waals surface area (Å²) in [7, 11) is 0. The highest BCUT2D eigenvalue weighted by molar-refractivity contribution is 6.15. The van der Waals surface area contributed by atoms with Crippen molar-refractivity contribution in [1.29, 1.82) is 0 Å². The van der Waals surface area contributed by atoms with Crippen LogP contribution in [-0.4, -0.2) is 18.2 Å². The lowest BCUT2D eigenvalue weighted by Crippen LogP contribution is -2.28. The maximum absolute atomic E-state index is 12.6. The molecule has 0 radical (unpaired) electrons. The quantitative estimate of drug-likeness (QED) is 0.896. The third kappa shape index (κ3) is 2.75. The highest BCUT2D eigenvalue weighted by Gasteiger charge is 2.35. The van der Waals surface area contributed by atoms with Gasteiger partial charge in [0.1, 0.15) is 0 Å². The molecule has 1 atom stereocenters. The Labute approximate surface area is 120 Å². The molecule has 0 bridgehead atoms. The predicted molar refractivity (Wildman–Crippen MR) is 82.9 cm³/mol. The van der Waals surface area contributed by atoms with Crippen molar-refractivity contribution in [1.82, 2.24) is 0 Å². The van der Waals surface area contributed by atoms with Crippen LogP contribution in [0.5, 0.6) is 0 Å². The van der Waals surface area contributed by atoms with Gasteiger partial charge in [0.2, 0.25) is 0 Å². The van der Waals surface area contributed by atoms with Gasteiger partial charge in [-0.25, -0.2) is 0 Å². The molecule has 1 heterocycles. The van der Waals surface area contributed by atoms with E-state index in [4.69, 9.17) is 5.73 Å². The molecule has 1 aromatic carbocycles. The summed E-state index contributed by atoms with van der Waals surface area (Å²) in [5.74, 6) is -0.00786. The maximum atomic E-state index is 12.6. The lowest BCUT2D eigenvalue weighted by Gasteiger charge is -2.17. The molecule has 2 rings (SSSR count). The minimum atomic E-state index is -0.0933. The zero-order chi connectivity index (χ0) is 14.7. The van der Waals surface area contributed by atoms with Gasteiger partial charge in [-0.3, -0.25) is 4.79 Å². The largest absolute Gasteiger partial charge is 0.330 e. The van der Waals surface area contributed by atoms with Crippen LogP contribution < -0.4 is 10.7 Å². The average Bonchev–Trinajstić information content (AvgIpc) is 2.73. The van der Waals surface area contributed by atoms with Crippen molar-refractivity contribution in [2.45, 2.75) is 40.0 Å². The van der Waals surface area contributed by atoms with E-state index >= 15 is 0 Å². The van der Waals surface area contributed by atoms with E-state index < -0.39 is 0 Å². The number of hydrazone groups is 1. The molecule has 0 aromatic heterocycles. The molecule has 4 nitrogen and oxygen atoms in total. The molecule has 1 amide bonds. The summed E-state index contributed by atoms with van der Waals surface area (Å²) < 4.78 is 0. The first-order valence-corrected chi connectivity index (χ1v) is 7.27. The predicted octanol–water partition coefficient (Wildman–Crippen LogP) is 2.77. The molecule has 1 aliphatic rings. The molecule has 0 spiro atoms. The summed E-state index contributed by atoms with van der Waals surface area (Å²) >= 11 is 0. The molecule has 108 valence electrons. The summed E-state index contributed by atoms with van der Waals surface area (Å²) in [6.07, 6.45) is 2.46. The van der Waals surface area contributed by atoms with Crippen LogP contribution in [0.1, 0.15) is 37.3 Å². The fourth-order valence-electron chi connectivity index (χ4n) is 2.68. The number of nitrogens with zero attached hydrogens (tertiary/aromatic N) is 2.